The summed E-state index contributed by atoms with van der Waals surface area (Å²) < 4.78 is 19.2. The van der Waals surface area contributed by atoms with Crippen LogP contribution in [-0.4, -0.2) is 66.4 Å². The zero-order valence-electron chi connectivity index (χ0n) is 14.0. The van der Waals surface area contributed by atoms with Gasteiger partial charge in [0.2, 0.25) is 0 Å². The predicted molar refractivity (Wildman–Crippen MR) is 90.2 cm³/mol. The molecule has 130 valence electrons. The first-order valence-electron chi connectivity index (χ1n) is 8.02. The minimum atomic E-state index is -0.449. The summed E-state index contributed by atoms with van der Waals surface area (Å²) in [5.74, 6) is -0.408. The van der Waals surface area contributed by atoms with E-state index in [1.165, 1.54) is 6.07 Å². The lowest BCUT2D eigenvalue weighted by molar-refractivity contribution is -0.0777. The fourth-order valence-corrected chi connectivity index (χ4v) is 3.28. The Bertz CT molecular complexity index is 507. The number of β-amino-alcohol motifs (C(OH)–C–C–N with tert-alkyl or cyclic N) is 1. The van der Waals surface area contributed by atoms with Crippen LogP contribution in [0.1, 0.15) is 19.4 Å². The Morgan fingerprint density at radius 2 is 2.04 bits per heavy atom. The SMILES string of the molecule is CC1CN(CC(O)CN(C)Cc2ccc(Cl)c(F)c2)CC(C)O1. The molecule has 3 atom stereocenters. The molecule has 1 aliphatic heterocycles. The van der Waals surface area contributed by atoms with Gasteiger partial charge in [0.05, 0.1) is 23.3 Å². The number of benzene rings is 1. The van der Waals surface area contributed by atoms with Crippen molar-refractivity contribution in [2.45, 2.75) is 38.7 Å². The first kappa shape index (κ1) is 18.6. The number of rotatable bonds is 6. The van der Waals surface area contributed by atoms with E-state index in [0.717, 1.165) is 18.7 Å². The van der Waals surface area contributed by atoms with Gasteiger partial charge in [0.15, 0.2) is 0 Å². The molecule has 0 radical (unpaired) electrons. The van der Waals surface area contributed by atoms with Crippen LogP contribution in [0, 0.1) is 5.82 Å². The second-order valence-corrected chi connectivity index (χ2v) is 6.98. The van der Waals surface area contributed by atoms with Crippen molar-refractivity contribution in [2.24, 2.45) is 0 Å². The minimum absolute atomic E-state index is 0.131. The first-order chi connectivity index (χ1) is 10.8. The summed E-state index contributed by atoms with van der Waals surface area (Å²) in [5.41, 5.74) is 0.843. The molecule has 0 spiro atoms. The van der Waals surface area contributed by atoms with Crippen molar-refractivity contribution in [1.29, 1.82) is 0 Å². The number of likely N-dealkylation sites (N-methyl/N-ethyl adjacent to an activating group) is 1. The second-order valence-electron chi connectivity index (χ2n) is 6.57. The molecule has 1 aromatic carbocycles. The Balaban J connectivity index is 1.79. The van der Waals surface area contributed by atoms with Crippen LogP contribution in [-0.2, 0) is 11.3 Å². The van der Waals surface area contributed by atoms with Crippen molar-refractivity contribution in [3.63, 3.8) is 0 Å². The van der Waals surface area contributed by atoms with E-state index >= 15 is 0 Å². The van der Waals surface area contributed by atoms with Gasteiger partial charge in [0, 0.05) is 32.7 Å². The quantitative estimate of drug-likeness (QED) is 0.859. The van der Waals surface area contributed by atoms with Gasteiger partial charge in [-0.25, -0.2) is 4.39 Å². The number of ether oxygens (including phenoxy) is 1. The summed E-state index contributed by atoms with van der Waals surface area (Å²) in [6.07, 6.45) is -0.0592. The van der Waals surface area contributed by atoms with E-state index in [1.54, 1.807) is 12.1 Å². The molecule has 0 amide bonds. The molecule has 1 aromatic rings. The van der Waals surface area contributed by atoms with E-state index in [0.29, 0.717) is 19.6 Å². The molecule has 0 aromatic heterocycles. The van der Waals surface area contributed by atoms with E-state index < -0.39 is 11.9 Å². The van der Waals surface area contributed by atoms with Gasteiger partial charge < -0.3 is 9.84 Å². The van der Waals surface area contributed by atoms with Crippen molar-refractivity contribution in [1.82, 2.24) is 9.80 Å². The van der Waals surface area contributed by atoms with Gasteiger partial charge in [0.25, 0.3) is 0 Å². The van der Waals surface area contributed by atoms with Crippen LogP contribution >= 0.6 is 11.6 Å². The highest BCUT2D eigenvalue weighted by molar-refractivity contribution is 6.30. The summed E-state index contributed by atoms with van der Waals surface area (Å²) in [5, 5.41) is 10.4. The van der Waals surface area contributed by atoms with Gasteiger partial charge >= 0.3 is 0 Å². The van der Waals surface area contributed by atoms with Crippen molar-refractivity contribution >= 4 is 11.6 Å². The molecule has 0 bridgehead atoms. The third-order valence-corrected chi connectivity index (χ3v) is 4.23. The fourth-order valence-electron chi connectivity index (χ4n) is 3.16. The van der Waals surface area contributed by atoms with Crippen LogP contribution in [0.3, 0.4) is 0 Å². The first-order valence-corrected chi connectivity index (χ1v) is 8.39. The van der Waals surface area contributed by atoms with E-state index in [2.05, 4.69) is 18.7 Å². The number of halogens is 2. The molecule has 6 heteroatoms. The van der Waals surface area contributed by atoms with Crippen LogP contribution in [0.15, 0.2) is 18.2 Å². The van der Waals surface area contributed by atoms with E-state index in [9.17, 15) is 9.50 Å². The van der Waals surface area contributed by atoms with Crippen molar-refractivity contribution < 1.29 is 14.2 Å². The zero-order valence-corrected chi connectivity index (χ0v) is 14.8. The summed E-state index contributed by atoms with van der Waals surface area (Å²) in [6, 6.07) is 4.81. The van der Waals surface area contributed by atoms with Crippen LogP contribution < -0.4 is 0 Å². The van der Waals surface area contributed by atoms with Gasteiger partial charge in [0.1, 0.15) is 5.82 Å². The average molecular weight is 345 g/mol. The summed E-state index contributed by atoms with van der Waals surface area (Å²) in [6.45, 7) is 7.51. The summed E-state index contributed by atoms with van der Waals surface area (Å²) in [4.78, 5) is 4.22. The molecule has 1 saturated heterocycles. The zero-order chi connectivity index (χ0) is 17.0. The maximum Gasteiger partial charge on any atom is 0.142 e. The molecule has 0 saturated carbocycles. The lowest BCUT2D eigenvalue weighted by Crippen LogP contribution is -2.49. The summed E-state index contributed by atoms with van der Waals surface area (Å²) in [7, 11) is 1.92. The molecule has 3 unspecified atom stereocenters. The molecule has 1 aliphatic rings. The normalized spacial score (nSPS) is 24.1. The molecular weight excluding hydrogens is 319 g/mol. The standard InChI is InChI=1S/C17H26ClFN2O2/c1-12-7-21(8-13(2)23-12)11-15(22)10-20(3)9-14-4-5-16(18)17(19)6-14/h4-6,12-13,15,22H,7-11H2,1-3H3. The maximum absolute atomic E-state index is 13.5. The monoisotopic (exact) mass is 344 g/mol. The van der Waals surface area contributed by atoms with Gasteiger partial charge in [-0.3, -0.25) is 9.80 Å². The Kier molecular flexibility index (Phi) is 6.80. The lowest BCUT2D eigenvalue weighted by atomic mass is 10.2. The van der Waals surface area contributed by atoms with E-state index in [-0.39, 0.29) is 17.2 Å². The number of morpholine rings is 1. The Labute approximate surface area is 142 Å². The third-order valence-electron chi connectivity index (χ3n) is 3.92. The number of nitrogens with zero attached hydrogens (tertiary/aromatic N) is 2. The predicted octanol–water partition coefficient (Wildman–Crippen LogP) is 2.38. The van der Waals surface area contributed by atoms with Crippen LogP contribution in [0.4, 0.5) is 4.39 Å². The van der Waals surface area contributed by atoms with Gasteiger partial charge in [-0.2, -0.15) is 0 Å². The number of aliphatic hydroxyl groups is 1. The highest BCUT2D eigenvalue weighted by Crippen LogP contribution is 2.17. The maximum atomic E-state index is 13.5. The molecule has 0 aliphatic carbocycles. The van der Waals surface area contributed by atoms with Crippen molar-refractivity contribution in [3.05, 3.63) is 34.6 Å². The minimum Gasteiger partial charge on any atom is -0.390 e. The van der Waals surface area contributed by atoms with Gasteiger partial charge in [-0.05, 0) is 38.6 Å². The highest BCUT2D eigenvalue weighted by atomic mass is 35.5. The van der Waals surface area contributed by atoms with Crippen molar-refractivity contribution in [2.75, 3.05) is 33.2 Å². The van der Waals surface area contributed by atoms with Crippen LogP contribution in [0.25, 0.3) is 0 Å². The molecule has 1 N–H and O–H groups in total. The molecule has 1 heterocycles. The molecule has 1 fully saturated rings. The van der Waals surface area contributed by atoms with E-state index in [1.807, 2.05) is 11.9 Å². The topological polar surface area (TPSA) is 35.9 Å². The van der Waals surface area contributed by atoms with Gasteiger partial charge in [-0.1, -0.05) is 17.7 Å². The second kappa shape index (κ2) is 8.40. The Hall–Kier alpha value is -0.720. The number of hydrogen-bond acceptors (Lipinski definition) is 4. The lowest BCUT2D eigenvalue weighted by Gasteiger charge is -2.36. The van der Waals surface area contributed by atoms with Gasteiger partial charge in [-0.15, -0.1) is 0 Å². The largest absolute Gasteiger partial charge is 0.390 e. The molecule has 4 nitrogen and oxygen atoms in total. The van der Waals surface area contributed by atoms with Crippen molar-refractivity contribution in [3.8, 4) is 0 Å². The highest BCUT2D eigenvalue weighted by Gasteiger charge is 2.24. The summed E-state index contributed by atoms with van der Waals surface area (Å²) >= 11 is 5.69. The van der Waals surface area contributed by atoms with Crippen LogP contribution in [0.5, 0.6) is 0 Å². The number of hydrogen-bond donors (Lipinski definition) is 1. The molecule has 23 heavy (non-hydrogen) atoms. The third kappa shape index (κ3) is 6.01. The average Bonchev–Trinajstić information content (AvgIpc) is 2.41. The van der Waals surface area contributed by atoms with E-state index in [4.69, 9.17) is 16.3 Å². The van der Waals surface area contributed by atoms with Crippen LogP contribution in [0.2, 0.25) is 5.02 Å². The Morgan fingerprint density at radius 1 is 1.39 bits per heavy atom. The molecular formula is C17H26ClFN2O2. The molecule has 2 rings (SSSR count). The fraction of sp³-hybridized carbons (Fsp3) is 0.647. The Morgan fingerprint density at radius 3 is 2.65 bits per heavy atom. The smallest absolute Gasteiger partial charge is 0.142 e. The number of aliphatic hydroxyl groups excluding tert-OH is 1.